The van der Waals surface area contributed by atoms with Gasteiger partial charge in [0.15, 0.2) is 0 Å². The van der Waals surface area contributed by atoms with E-state index >= 15 is 0 Å². The molecule has 0 N–H and O–H groups in total. The Morgan fingerprint density at radius 3 is 2.44 bits per heavy atom. The Balaban J connectivity index is 2.06. The van der Waals surface area contributed by atoms with Crippen molar-refractivity contribution in [1.82, 2.24) is 4.98 Å². The van der Waals surface area contributed by atoms with E-state index in [1.807, 2.05) is 49.3 Å². The van der Waals surface area contributed by atoms with Crippen LogP contribution in [0.1, 0.15) is 11.3 Å². The van der Waals surface area contributed by atoms with E-state index in [0.717, 1.165) is 11.3 Å². The fraction of sp³-hybridized carbons (Fsp3) is 0.105. The number of nitrogens with zero attached hydrogens (tertiary/aromatic N) is 5. The molecule has 0 fully saturated rings. The molecule has 0 unspecified atom stereocenters. The molecule has 0 aliphatic rings. The van der Waals surface area contributed by atoms with Crippen molar-refractivity contribution >= 4 is 38.8 Å². The minimum absolute atomic E-state index is 0.0616. The molecule has 0 bridgehead atoms. The molecule has 3 rings (SSSR count). The Hall–Kier alpha value is -3.35. The van der Waals surface area contributed by atoms with Gasteiger partial charge in [-0.3, -0.25) is 0 Å². The molecular formula is C19H17N5O2S. The topological polar surface area (TPSA) is 99.0 Å². The fourth-order valence-corrected chi connectivity index (χ4v) is 3.52. The number of hydrogen-bond donors (Lipinski definition) is 0. The minimum atomic E-state index is -4.13. The zero-order chi connectivity index (χ0) is 19.4. The average Bonchev–Trinajstić information content (AvgIpc) is 2.66. The van der Waals surface area contributed by atoms with Crippen LogP contribution in [-0.4, -0.2) is 27.5 Å². The van der Waals surface area contributed by atoms with E-state index in [0.29, 0.717) is 16.6 Å². The first kappa shape index (κ1) is 18.4. The molecule has 0 amide bonds. The number of para-hydroxylation sites is 1. The Labute approximate surface area is 157 Å². The molecule has 0 saturated carbocycles. The largest absolute Gasteiger partial charge is 0.378 e. The SMILES string of the molecule is CN(C)c1ccc(C=Cc2cc(S(=O)(=O)N=[N+]=[N-])c3ccccc3n2)cc1. The number of aromatic nitrogens is 1. The van der Waals surface area contributed by atoms with Crippen LogP contribution < -0.4 is 4.90 Å². The highest BCUT2D eigenvalue weighted by Crippen LogP contribution is 2.25. The van der Waals surface area contributed by atoms with E-state index in [9.17, 15) is 8.42 Å². The van der Waals surface area contributed by atoms with Crippen LogP contribution in [0, 0.1) is 0 Å². The van der Waals surface area contributed by atoms with Gasteiger partial charge in [0.1, 0.15) is 0 Å². The monoisotopic (exact) mass is 379 g/mol. The third-order valence-corrected chi connectivity index (χ3v) is 5.16. The quantitative estimate of drug-likeness (QED) is 0.371. The molecule has 3 aromatic rings. The Bertz CT molecular complexity index is 1160. The lowest BCUT2D eigenvalue weighted by Crippen LogP contribution is -2.07. The van der Waals surface area contributed by atoms with Crippen molar-refractivity contribution in [3.8, 4) is 0 Å². The summed E-state index contributed by atoms with van der Waals surface area (Å²) in [7, 11) is -0.193. The Morgan fingerprint density at radius 2 is 1.78 bits per heavy atom. The standard InChI is InChI=1S/C19H17N5O2S/c1-24(2)16-11-8-14(9-12-16)7-10-15-13-19(27(25,26)23-22-20)17-5-3-4-6-18(17)21-15/h3-13H,1-2H3. The molecule has 0 saturated heterocycles. The van der Waals surface area contributed by atoms with Crippen molar-refractivity contribution in [2.45, 2.75) is 4.90 Å². The lowest BCUT2D eigenvalue weighted by molar-refractivity contribution is 0.598. The van der Waals surface area contributed by atoms with Crippen LogP contribution in [0.3, 0.4) is 0 Å². The third kappa shape index (κ3) is 4.08. The summed E-state index contributed by atoms with van der Waals surface area (Å²) in [5, 5.41) is 0.414. The van der Waals surface area contributed by atoms with Gasteiger partial charge in [-0.1, -0.05) is 36.4 Å². The van der Waals surface area contributed by atoms with Gasteiger partial charge in [-0.15, -0.1) is 0 Å². The van der Waals surface area contributed by atoms with Crippen molar-refractivity contribution in [2.75, 3.05) is 19.0 Å². The van der Waals surface area contributed by atoms with E-state index in [2.05, 4.69) is 14.4 Å². The molecule has 2 aromatic carbocycles. The minimum Gasteiger partial charge on any atom is -0.378 e. The van der Waals surface area contributed by atoms with Crippen molar-refractivity contribution in [2.24, 2.45) is 4.52 Å². The van der Waals surface area contributed by atoms with E-state index in [4.69, 9.17) is 5.53 Å². The molecule has 1 aromatic heterocycles. The molecule has 0 aliphatic heterocycles. The van der Waals surface area contributed by atoms with Gasteiger partial charge in [0.25, 0.3) is 10.0 Å². The first-order valence-corrected chi connectivity index (χ1v) is 9.51. The number of sulfonamides is 1. The predicted octanol–water partition coefficient (Wildman–Crippen LogP) is 4.47. The summed E-state index contributed by atoms with van der Waals surface area (Å²) in [4.78, 5) is 8.85. The maximum atomic E-state index is 12.3. The molecule has 0 atom stereocenters. The highest BCUT2D eigenvalue weighted by atomic mass is 32.2. The molecule has 0 aliphatic carbocycles. The normalized spacial score (nSPS) is 11.5. The van der Waals surface area contributed by atoms with Crippen molar-refractivity contribution in [3.05, 3.63) is 76.3 Å². The average molecular weight is 379 g/mol. The molecule has 7 nitrogen and oxygen atoms in total. The predicted molar refractivity (Wildman–Crippen MR) is 108 cm³/mol. The smallest absolute Gasteiger partial charge is 0.265 e. The molecule has 0 radical (unpaired) electrons. The van der Waals surface area contributed by atoms with Gasteiger partial charge in [0, 0.05) is 34.6 Å². The zero-order valence-corrected chi connectivity index (χ0v) is 15.6. The van der Waals surface area contributed by atoms with Crippen LogP contribution in [0.15, 0.2) is 64.0 Å². The molecule has 0 spiro atoms. The summed E-state index contributed by atoms with van der Waals surface area (Å²) in [6.45, 7) is 0. The summed E-state index contributed by atoms with van der Waals surface area (Å²) in [6.07, 6.45) is 3.58. The summed E-state index contributed by atoms with van der Waals surface area (Å²) in [5.74, 6) is 0. The summed E-state index contributed by atoms with van der Waals surface area (Å²) in [6, 6.07) is 16.2. The lowest BCUT2D eigenvalue weighted by atomic mass is 10.1. The number of azide groups is 1. The molecule has 8 heteroatoms. The van der Waals surface area contributed by atoms with Gasteiger partial charge in [-0.05, 0) is 41.4 Å². The number of benzene rings is 2. The van der Waals surface area contributed by atoms with Gasteiger partial charge in [-0.25, -0.2) is 13.4 Å². The van der Waals surface area contributed by atoms with Gasteiger partial charge in [0.2, 0.25) is 0 Å². The van der Waals surface area contributed by atoms with E-state index in [1.54, 1.807) is 30.3 Å². The van der Waals surface area contributed by atoms with Crippen LogP contribution in [-0.2, 0) is 10.0 Å². The van der Waals surface area contributed by atoms with Crippen LogP contribution in [0.4, 0.5) is 5.69 Å². The van der Waals surface area contributed by atoms with Crippen molar-refractivity contribution in [1.29, 1.82) is 0 Å². The number of fused-ring (bicyclic) bond motifs is 1. The van der Waals surface area contributed by atoms with Gasteiger partial charge in [-0.2, -0.15) is 0 Å². The number of anilines is 1. The molecule has 136 valence electrons. The molecule has 27 heavy (non-hydrogen) atoms. The zero-order valence-electron chi connectivity index (χ0n) is 14.8. The summed E-state index contributed by atoms with van der Waals surface area (Å²) >= 11 is 0. The van der Waals surface area contributed by atoms with E-state index in [1.165, 1.54) is 6.07 Å². The number of rotatable bonds is 5. The second-order valence-corrected chi connectivity index (χ2v) is 7.58. The maximum absolute atomic E-state index is 12.3. The van der Waals surface area contributed by atoms with Crippen LogP contribution in [0.5, 0.6) is 0 Å². The molecular weight excluding hydrogens is 362 g/mol. The second-order valence-electron chi connectivity index (χ2n) is 6.03. The summed E-state index contributed by atoms with van der Waals surface area (Å²) < 4.78 is 27.6. The second kappa shape index (κ2) is 7.49. The third-order valence-electron chi connectivity index (χ3n) is 3.98. The van der Waals surface area contributed by atoms with Gasteiger partial charge < -0.3 is 4.90 Å². The number of pyridine rings is 1. The van der Waals surface area contributed by atoms with Crippen molar-refractivity contribution < 1.29 is 8.42 Å². The highest BCUT2D eigenvalue weighted by molar-refractivity contribution is 7.90. The highest BCUT2D eigenvalue weighted by Gasteiger charge is 2.17. The summed E-state index contributed by atoms with van der Waals surface area (Å²) in [5.41, 5.74) is 11.6. The lowest BCUT2D eigenvalue weighted by Gasteiger charge is -2.11. The Morgan fingerprint density at radius 1 is 1.07 bits per heavy atom. The van der Waals surface area contributed by atoms with E-state index in [-0.39, 0.29) is 4.90 Å². The first-order valence-electron chi connectivity index (χ1n) is 8.07. The van der Waals surface area contributed by atoms with Crippen LogP contribution >= 0.6 is 0 Å². The maximum Gasteiger partial charge on any atom is 0.265 e. The van der Waals surface area contributed by atoms with Crippen LogP contribution in [0.2, 0.25) is 0 Å². The number of hydrogen-bond acceptors (Lipinski definition) is 4. The van der Waals surface area contributed by atoms with Crippen molar-refractivity contribution in [3.63, 3.8) is 0 Å². The fourth-order valence-electron chi connectivity index (χ4n) is 2.62. The van der Waals surface area contributed by atoms with Crippen LogP contribution in [0.25, 0.3) is 33.5 Å². The Kier molecular flexibility index (Phi) is 5.12. The van der Waals surface area contributed by atoms with Gasteiger partial charge >= 0.3 is 0 Å². The van der Waals surface area contributed by atoms with Gasteiger partial charge in [0.05, 0.1) is 16.1 Å². The molecule has 1 heterocycles. The van der Waals surface area contributed by atoms with E-state index < -0.39 is 10.0 Å². The first-order chi connectivity index (χ1) is 12.9.